The molecule has 2 aromatic heterocycles. The number of hydrogen-bond acceptors (Lipinski definition) is 4. The Balaban J connectivity index is 1.81. The number of pyridine rings is 1. The summed E-state index contributed by atoms with van der Waals surface area (Å²) in [5, 5.41) is 10.9. The van der Waals surface area contributed by atoms with Crippen LogP contribution in [0.2, 0.25) is 5.02 Å². The second-order valence-electron chi connectivity index (χ2n) is 6.18. The number of fused-ring (bicyclic) bond motifs is 1. The molecule has 0 fully saturated rings. The van der Waals surface area contributed by atoms with Crippen LogP contribution < -0.4 is 5.56 Å². The topological polar surface area (TPSA) is 68.0 Å². The van der Waals surface area contributed by atoms with Gasteiger partial charge in [0, 0.05) is 17.4 Å². The molecule has 4 aromatic rings. The molecule has 5 nitrogen and oxygen atoms in total. The number of aliphatic hydroxyl groups excluding tert-OH is 1. The van der Waals surface area contributed by atoms with E-state index in [0.29, 0.717) is 15.9 Å². The smallest absolute Gasteiger partial charge is 0.261 e. The van der Waals surface area contributed by atoms with Crippen LogP contribution in [0.1, 0.15) is 11.6 Å². The highest BCUT2D eigenvalue weighted by Crippen LogP contribution is 2.23. The summed E-state index contributed by atoms with van der Waals surface area (Å²) in [6.45, 7) is -0.234. The molecule has 0 radical (unpaired) electrons. The van der Waals surface area contributed by atoms with E-state index in [1.807, 2.05) is 30.3 Å². The van der Waals surface area contributed by atoms with E-state index in [1.165, 1.54) is 10.9 Å². The van der Waals surface area contributed by atoms with Crippen molar-refractivity contribution in [2.24, 2.45) is 0 Å². The van der Waals surface area contributed by atoms with Gasteiger partial charge in [0.05, 0.1) is 29.9 Å². The second kappa shape index (κ2) is 7.31. The fourth-order valence-electron chi connectivity index (χ4n) is 3.15. The maximum atomic E-state index is 13.0. The molecule has 4 rings (SSSR count). The average Bonchev–Trinajstić information content (AvgIpc) is 2.71. The number of hydrogen-bond donors (Lipinski definition) is 1. The van der Waals surface area contributed by atoms with E-state index in [4.69, 9.17) is 11.6 Å². The first-order chi connectivity index (χ1) is 13.2. The van der Waals surface area contributed by atoms with Gasteiger partial charge in [0.1, 0.15) is 0 Å². The zero-order valence-electron chi connectivity index (χ0n) is 14.3. The number of aliphatic hydroxyl groups is 1. The van der Waals surface area contributed by atoms with Crippen LogP contribution in [-0.4, -0.2) is 26.2 Å². The molecular weight excluding hydrogens is 362 g/mol. The van der Waals surface area contributed by atoms with Crippen molar-refractivity contribution in [1.82, 2.24) is 14.5 Å². The molecule has 134 valence electrons. The van der Waals surface area contributed by atoms with Crippen LogP contribution >= 0.6 is 11.6 Å². The molecule has 2 heterocycles. The standard InChI is InChI=1S/C21H16ClN3O2/c22-17-3-1-2-16(10-17)20(12-26)25-13-24-19-11-15(4-5-18(19)21(25)27)14-6-8-23-9-7-14/h1-11,13,20,26H,12H2. The van der Waals surface area contributed by atoms with Crippen LogP contribution in [0.25, 0.3) is 22.0 Å². The van der Waals surface area contributed by atoms with Gasteiger partial charge in [0.25, 0.3) is 5.56 Å². The molecule has 0 saturated heterocycles. The molecule has 0 aliphatic heterocycles. The highest BCUT2D eigenvalue weighted by atomic mass is 35.5. The number of aromatic nitrogens is 3. The zero-order valence-corrected chi connectivity index (χ0v) is 15.0. The van der Waals surface area contributed by atoms with Crippen LogP contribution in [0.4, 0.5) is 0 Å². The van der Waals surface area contributed by atoms with Crippen molar-refractivity contribution in [2.45, 2.75) is 6.04 Å². The van der Waals surface area contributed by atoms with E-state index >= 15 is 0 Å². The van der Waals surface area contributed by atoms with E-state index in [-0.39, 0.29) is 12.2 Å². The summed E-state index contributed by atoms with van der Waals surface area (Å²) >= 11 is 6.05. The van der Waals surface area contributed by atoms with E-state index < -0.39 is 6.04 Å². The molecule has 0 spiro atoms. The number of halogens is 1. The van der Waals surface area contributed by atoms with Crippen LogP contribution in [0.15, 0.2) is 78.1 Å². The third-order valence-electron chi connectivity index (χ3n) is 4.54. The van der Waals surface area contributed by atoms with Crippen molar-refractivity contribution in [2.75, 3.05) is 6.61 Å². The lowest BCUT2D eigenvalue weighted by atomic mass is 10.0. The fourth-order valence-corrected chi connectivity index (χ4v) is 3.35. The molecule has 6 heteroatoms. The van der Waals surface area contributed by atoms with Gasteiger partial charge in [0.15, 0.2) is 0 Å². The number of nitrogens with zero attached hydrogens (tertiary/aromatic N) is 3. The van der Waals surface area contributed by atoms with Crippen molar-refractivity contribution >= 4 is 22.5 Å². The maximum Gasteiger partial charge on any atom is 0.261 e. The molecule has 0 amide bonds. The van der Waals surface area contributed by atoms with E-state index in [2.05, 4.69) is 9.97 Å². The van der Waals surface area contributed by atoms with Crippen LogP contribution in [0.5, 0.6) is 0 Å². The summed E-state index contributed by atoms with van der Waals surface area (Å²) in [5.41, 5.74) is 3.11. The van der Waals surface area contributed by atoms with Crippen molar-refractivity contribution < 1.29 is 5.11 Å². The zero-order chi connectivity index (χ0) is 18.8. The first-order valence-electron chi connectivity index (χ1n) is 8.45. The van der Waals surface area contributed by atoms with Gasteiger partial charge >= 0.3 is 0 Å². The van der Waals surface area contributed by atoms with Crippen LogP contribution in [-0.2, 0) is 0 Å². The van der Waals surface area contributed by atoms with Gasteiger partial charge in [-0.05, 0) is 53.1 Å². The van der Waals surface area contributed by atoms with Gasteiger partial charge in [0.2, 0.25) is 0 Å². The van der Waals surface area contributed by atoms with E-state index in [1.54, 1.807) is 36.7 Å². The Morgan fingerprint density at radius 1 is 1.04 bits per heavy atom. The lowest BCUT2D eigenvalue weighted by molar-refractivity contribution is 0.246. The van der Waals surface area contributed by atoms with Crippen LogP contribution in [0.3, 0.4) is 0 Å². The third-order valence-corrected chi connectivity index (χ3v) is 4.77. The summed E-state index contributed by atoms with van der Waals surface area (Å²) in [7, 11) is 0. The second-order valence-corrected chi connectivity index (χ2v) is 6.61. The summed E-state index contributed by atoms with van der Waals surface area (Å²) in [4.78, 5) is 21.5. The van der Waals surface area contributed by atoms with Crippen LogP contribution in [0, 0.1) is 0 Å². The predicted molar refractivity (Wildman–Crippen MR) is 106 cm³/mol. The van der Waals surface area contributed by atoms with Gasteiger partial charge in [-0.15, -0.1) is 0 Å². The quantitative estimate of drug-likeness (QED) is 0.589. The molecule has 1 unspecified atom stereocenters. The Morgan fingerprint density at radius 3 is 2.59 bits per heavy atom. The van der Waals surface area contributed by atoms with Crippen molar-refractivity contribution in [3.8, 4) is 11.1 Å². The van der Waals surface area contributed by atoms with Gasteiger partial charge < -0.3 is 5.11 Å². The highest BCUT2D eigenvalue weighted by molar-refractivity contribution is 6.30. The molecule has 0 aliphatic rings. The monoisotopic (exact) mass is 377 g/mol. The Hall–Kier alpha value is -3.02. The largest absolute Gasteiger partial charge is 0.394 e. The lowest BCUT2D eigenvalue weighted by Gasteiger charge is -2.18. The lowest BCUT2D eigenvalue weighted by Crippen LogP contribution is -2.28. The van der Waals surface area contributed by atoms with Crippen molar-refractivity contribution in [3.63, 3.8) is 0 Å². The SMILES string of the molecule is O=c1c2ccc(-c3ccncc3)cc2ncn1C(CO)c1cccc(Cl)c1. The number of rotatable bonds is 4. The van der Waals surface area contributed by atoms with Gasteiger partial charge in [-0.3, -0.25) is 14.3 Å². The molecule has 1 atom stereocenters. The Kier molecular flexibility index (Phi) is 4.71. The van der Waals surface area contributed by atoms with Crippen molar-refractivity contribution in [1.29, 1.82) is 0 Å². The molecule has 0 aliphatic carbocycles. The first-order valence-corrected chi connectivity index (χ1v) is 8.83. The molecule has 0 bridgehead atoms. The predicted octanol–water partition coefficient (Wildman–Crippen LogP) is 3.69. The molecule has 1 N–H and O–H groups in total. The molecule has 27 heavy (non-hydrogen) atoms. The normalized spacial score (nSPS) is 12.2. The Morgan fingerprint density at radius 2 is 1.85 bits per heavy atom. The third kappa shape index (κ3) is 3.35. The minimum Gasteiger partial charge on any atom is -0.394 e. The first kappa shape index (κ1) is 17.4. The molecule has 2 aromatic carbocycles. The fraction of sp³-hybridized carbons (Fsp3) is 0.0952. The van der Waals surface area contributed by atoms with Gasteiger partial charge in [-0.2, -0.15) is 0 Å². The van der Waals surface area contributed by atoms with Crippen molar-refractivity contribution in [3.05, 3.63) is 94.3 Å². The highest BCUT2D eigenvalue weighted by Gasteiger charge is 2.16. The van der Waals surface area contributed by atoms with E-state index in [0.717, 1.165) is 16.7 Å². The Bertz CT molecular complexity index is 1160. The van der Waals surface area contributed by atoms with E-state index in [9.17, 15) is 9.90 Å². The summed E-state index contributed by atoms with van der Waals surface area (Å²) in [6.07, 6.45) is 4.92. The summed E-state index contributed by atoms with van der Waals surface area (Å²) in [5.74, 6) is 0. The maximum absolute atomic E-state index is 13.0. The summed E-state index contributed by atoms with van der Waals surface area (Å²) in [6, 6.07) is 15.9. The molecular formula is C21H16ClN3O2. The Labute approximate surface area is 160 Å². The molecule has 0 saturated carbocycles. The number of benzene rings is 2. The average molecular weight is 378 g/mol. The van der Waals surface area contributed by atoms with Gasteiger partial charge in [-0.1, -0.05) is 29.8 Å². The summed E-state index contributed by atoms with van der Waals surface area (Å²) < 4.78 is 1.44. The minimum atomic E-state index is -0.548. The minimum absolute atomic E-state index is 0.208. The van der Waals surface area contributed by atoms with Gasteiger partial charge in [-0.25, -0.2) is 4.98 Å².